The number of benzene rings is 3. The molecule has 2 heterocycles. The van der Waals surface area contributed by atoms with Crippen LogP contribution in [0.2, 0.25) is 0 Å². The van der Waals surface area contributed by atoms with E-state index in [2.05, 4.69) is 22.1 Å². The van der Waals surface area contributed by atoms with Crippen LogP contribution in [0.5, 0.6) is 5.88 Å². The van der Waals surface area contributed by atoms with Gasteiger partial charge in [-0.1, -0.05) is 78.9 Å². The maximum atomic E-state index is 11.0. The van der Waals surface area contributed by atoms with Gasteiger partial charge in [0.1, 0.15) is 5.71 Å². The highest BCUT2D eigenvalue weighted by Gasteiger charge is 2.19. The third-order valence-corrected chi connectivity index (χ3v) is 5.28. The van der Waals surface area contributed by atoms with Crippen molar-refractivity contribution in [1.29, 1.82) is 0 Å². The maximum Gasteiger partial charge on any atom is 0.221 e. The van der Waals surface area contributed by atoms with Crippen LogP contribution in [0, 0.1) is 0 Å². The van der Waals surface area contributed by atoms with Gasteiger partial charge in [0.05, 0.1) is 25.1 Å². The molecule has 31 heavy (non-hydrogen) atoms. The standard InChI is InChI=1S/C26H22N4O/c31-26-25(28-18-30(26)17-20-11-5-2-6-12-20)24(27-16-19-9-3-1-4-10-19)23-15-21-13-7-8-14-22(21)29-23/h1-15,18,29,31H,16-17H2. The number of H-pyrrole nitrogens is 1. The zero-order valence-corrected chi connectivity index (χ0v) is 16.9. The second kappa shape index (κ2) is 8.32. The van der Waals surface area contributed by atoms with Gasteiger partial charge in [-0.2, -0.15) is 0 Å². The zero-order valence-electron chi connectivity index (χ0n) is 16.9. The minimum absolute atomic E-state index is 0.106. The third kappa shape index (κ3) is 3.98. The summed E-state index contributed by atoms with van der Waals surface area (Å²) in [4.78, 5) is 12.8. The van der Waals surface area contributed by atoms with Crippen molar-refractivity contribution >= 4 is 16.6 Å². The Morgan fingerprint density at radius 1 is 0.871 bits per heavy atom. The first-order valence-electron chi connectivity index (χ1n) is 10.2. The summed E-state index contributed by atoms with van der Waals surface area (Å²) in [5.41, 5.74) is 5.16. The number of aromatic hydroxyl groups is 1. The van der Waals surface area contributed by atoms with E-state index in [1.165, 1.54) is 0 Å². The Labute approximate surface area is 180 Å². The van der Waals surface area contributed by atoms with Gasteiger partial charge in [-0.25, -0.2) is 4.98 Å². The molecule has 152 valence electrons. The minimum Gasteiger partial charge on any atom is -0.493 e. The Balaban J connectivity index is 1.55. The fourth-order valence-electron chi connectivity index (χ4n) is 3.68. The molecule has 0 spiro atoms. The lowest BCUT2D eigenvalue weighted by Crippen LogP contribution is -2.06. The molecule has 0 amide bonds. The molecule has 0 atom stereocenters. The maximum absolute atomic E-state index is 11.0. The number of hydrogen-bond donors (Lipinski definition) is 2. The van der Waals surface area contributed by atoms with Gasteiger partial charge in [0, 0.05) is 10.9 Å². The van der Waals surface area contributed by atoms with E-state index in [1.807, 2.05) is 78.9 Å². The highest BCUT2D eigenvalue weighted by atomic mass is 16.3. The molecule has 0 bridgehead atoms. The van der Waals surface area contributed by atoms with Crippen LogP contribution in [0.1, 0.15) is 22.5 Å². The molecule has 5 heteroatoms. The van der Waals surface area contributed by atoms with Crippen molar-refractivity contribution < 1.29 is 5.11 Å². The van der Waals surface area contributed by atoms with Crippen LogP contribution in [0.4, 0.5) is 0 Å². The van der Waals surface area contributed by atoms with E-state index < -0.39 is 0 Å². The number of aromatic amines is 1. The molecule has 0 aliphatic carbocycles. The Morgan fingerprint density at radius 2 is 1.55 bits per heavy atom. The number of aromatic nitrogens is 3. The summed E-state index contributed by atoms with van der Waals surface area (Å²) < 4.78 is 1.74. The van der Waals surface area contributed by atoms with Crippen molar-refractivity contribution in [2.45, 2.75) is 13.1 Å². The number of aliphatic imine (C=N–C) groups is 1. The molecular weight excluding hydrogens is 384 g/mol. The second-order valence-corrected chi connectivity index (χ2v) is 7.45. The van der Waals surface area contributed by atoms with Gasteiger partial charge >= 0.3 is 0 Å². The summed E-state index contributed by atoms with van der Waals surface area (Å²) in [5.74, 6) is 0.106. The molecule has 2 N–H and O–H groups in total. The second-order valence-electron chi connectivity index (χ2n) is 7.45. The summed E-state index contributed by atoms with van der Waals surface area (Å²) in [6.45, 7) is 1.04. The number of nitrogens with zero attached hydrogens (tertiary/aromatic N) is 3. The molecule has 2 aromatic heterocycles. The van der Waals surface area contributed by atoms with E-state index in [9.17, 15) is 5.11 Å². The summed E-state index contributed by atoms with van der Waals surface area (Å²) in [7, 11) is 0. The Hall–Kier alpha value is -4.12. The van der Waals surface area contributed by atoms with Crippen LogP contribution in [-0.4, -0.2) is 25.4 Å². The van der Waals surface area contributed by atoms with E-state index >= 15 is 0 Å². The predicted octanol–water partition coefficient (Wildman–Crippen LogP) is 5.16. The van der Waals surface area contributed by atoms with Gasteiger partial charge < -0.3 is 10.1 Å². The van der Waals surface area contributed by atoms with Crippen LogP contribution >= 0.6 is 0 Å². The molecule has 5 rings (SSSR count). The molecule has 0 saturated heterocycles. The van der Waals surface area contributed by atoms with Gasteiger partial charge in [0.15, 0.2) is 5.69 Å². The number of fused-ring (bicyclic) bond motifs is 1. The van der Waals surface area contributed by atoms with Gasteiger partial charge in [0.25, 0.3) is 0 Å². The van der Waals surface area contributed by atoms with Crippen molar-refractivity contribution in [2.24, 2.45) is 4.99 Å². The minimum atomic E-state index is 0.106. The molecule has 3 aromatic carbocycles. The Bertz CT molecular complexity index is 1300. The molecule has 0 aliphatic heterocycles. The molecule has 0 unspecified atom stereocenters. The molecular formula is C26H22N4O. The summed E-state index contributed by atoms with van der Waals surface area (Å²) >= 11 is 0. The lowest BCUT2D eigenvalue weighted by molar-refractivity contribution is 0.423. The number of para-hydroxylation sites is 1. The average Bonchev–Trinajstić information content (AvgIpc) is 3.40. The van der Waals surface area contributed by atoms with E-state index in [0.29, 0.717) is 24.5 Å². The normalized spacial score (nSPS) is 11.8. The molecule has 0 fully saturated rings. The molecule has 5 aromatic rings. The van der Waals surface area contributed by atoms with E-state index in [4.69, 9.17) is 4.99 Å². The fourth-order valence-corrected chi connectivity index (χ4v) is 3.68. The largest absolute Gasteiger partial charge is 0.493 e. The van der Waals surface area contributed by atoms with Gasteiger partial charge in [-0.3, -0.25) is 9.56 Å². The van der Waals surface area contributed by atoms with Gasteiger partial charge in [-0.15, -0.1) is 0 Å². The quantitative estimate of drug-likeness (QED) is 0.383. The van der Waals surface area contributed by atoms with Crippen molar-refractivity contribution in [2.75, 3.05) is 0 Å². The van der Waals surface area contributed by atoms with Crippen molar-refractivity contribution in [1.82, 2.24) is 14.5 Å². The monoisotopic (exact) mass is 406 g/mol. The molecule has 5 nitrogen and oxygen atoms in total. The van der Waals surface area contributed by atoms with Crippen molar-refractivity contribution in [3.05, 3.63) is 120 Å². The molecule has 0 aliphatic rings. The molecule has 0 saturated carbocycles. The lowest BCUT2D eigenvalue weighted by atomic mass is 10.1. The molecule has 0 radical (unpaired) electrons. The highest BCUT2D eigenvalue weighted by Crippen LogP contribution is 2.24. The zero-order chi connectivity index (χ0) is 21.0. The highest BCUT2D eigenvalue weighted by molar-refractivity contribution is 6.13. The first kappa shape index (κ1) is 18.9. The number of hydrogen-bond acceptors (Lipinski definition) is 3. The number of rotatable bonds is 6. The van der Waals surface area contributed by atoms with Crippen LogP contribution < -0.4 is 0 Å². The van der Waals surface area contributed by atoms with E-state index in [1.54, 1.807) is 10.9 Å². The van der Waals surface area contributed by atoms with Crippen LogP contribution in [0.15, 0.2) is 102 Å². The van der Waals surface area contributed by atoms with Crippen LogP contribution in [0.3, 0.4) is 0 Å². The third-order valence-electron chi connectivity index (χ3n) is 5.28. The predicted molar refractivity (Wildman–Crippen MR) is 124 cm³/mol. The summed E-state index contributed by atoms with van der Waals surface area (Å²) in [6, 6.07) is 30.2. The van der Waals surface area contributed by atoms with Crippen LogP contribution in [-0.2, 0) is 13.1 Å². The SMILES string of the molecule is Oc1c(C(=NCc2ccccc2)c2cc3ccccc3[nH]2)ncn1Cc1ccccc1. The van der Waals surface area contributed by atoms with Gasteiger partial charge in [0.2, 0.25) is 5.88 Å². The summed E-state index contributed by atoms with van der Waals surface area (Å²) in [5, 5.41) is 12.1. The number of nitrogens with one attached hydrogen (secondary N) is 1. The van der Waals surface area contributed by atoms with Crippen LogP contribution in [0.25, 0.3) is 10.9 Å². The van der Waals surface area contributed by atoms with E-state index in [0.717, 1.165) is 27.7 Å². The topological polar surface area (TPSA) is 66.2 Å². The number of imidazole rings is 1. The first-order valence-corrected chi connectivity index (χ1v) is 10.2. The van der Waals surface area contributed by atoms with Crippen molar-refractivity contribution in [3.63, 3.8) is 0 Å². The first-order chi connectivity index (χ1) is 15.3. The average molecular weight is 406 g/mol. The van der Waals surface area contributed by atoms with Crippen molar-refractivity contribution in [3.8, 4) is 5.88 Å². The summed E-state index contributed by atoms with van der Waals surface area (Å²) in [6.07, 6.45) is 1.67. The van der Waals surface area contributed by atoms with E-state index in [-0.39, 0.29) is 5.88 Å². The Morgan fingerprint density at radius 3 is 2.29 bits per heavy atom. The smallest absolute Gasteiger partial charge is 0.221 e. The Kier molecular flexibility index (Phi) is 5.07. The lowest BCUT2D eigenvalue weighted by Gasteiger charge is -2.07. The fraction of sp³-hybridized carbons (Fsp3) is 0.0769. The van der Waals surface area contributed by atoms with Gasteiger partial charge in [-0.05, 0) is 23.3 Å².